The molecule has 0 aliphatic carbocycles. The molecule has 4 heteroatoms. The van der Waals surface area contributed by atoms with Crippen LogP contribution in [0.4, 0.5) is 0 Å². The van der Waals surface area contributed by atoms with Crippen molar-refractivity contribution in [2.75, 3.05) is 0 Å². The van der Waals surface area contributed by atoms with Gasteiger partial charge in [0.05, 0.1) is 0 Å². The number of amides is 1. The fraction of sp³-hybridized carbons (Fsp3) is 0.192. The first-order valence-corrected chi connectivity index (χ1v) is 10.0. The summed E-state index contributed by atoms with van der Waals surface area (Å²) in [6, 6.07) is 13.9. The molecular weight excluding hydrogens is 374 g/mol. The van der Waals surface area contributed by atoms with Crippen molar-refractivity contribution in [3.8, 4) is 11.5 Å². The molecule has 2 aromatic rings. The number of rotatable bonds is 4. The molecule has 1 saturated heterocycles. The Morgan fingerprint density at radius 3 is 1.70 bits per heavy atom. The first-order chi connectivity index (χ1) is 14.4. The number of carbonyl (C=O) groups excluding carboxylic acids is 1. The highest BCUT2D eigenvalue weighted by atomic mass is 16.3. The number of phenolic OH excluding ortho intramolecular Hbond substituents is 2. The minimum absolute atomic E-state index is 0.0991. The molecule has 0 aromatic heterocycles. The molecule has 154 valence electrons. The molecule has 0 bridgehead atoms. The van der Waals surface area contributed by atoms with Crippen LogP contribution in [-0.4, -0.2) is 21.0 Å². The van der Waals surface area contributed by atoms with Crippen LogP contribution in [-0.2, 0) is 10.3 Å². The van der Waals surface area contributed by atoms with Crippen LogP contribution < -0.4 is 0 Å². The van der Waals surface area contributed by atoms with Crippen molar-refractivity contribution in [3.63, 3.8) is 0 Å². The quantitative estimate of drug-likeness (QED) is 0.521. The van der Waals surface area contributed by atoms with Crippen LogP contribution in [0.25, 0.3) is 0 Å². The largest absolute Gasteiger partial charge is 0.508 e. The van der Waals surface area contributed by atoms with Crippen LogP contribution in [0.3, 0.4) is 0 Å². The summed E-state index contributed by atoms with van der Waals surface area (Å²) in [6.07, 6.45) is 9.55. The van der Waals surface area contributed by atoms with Gasteiger partial charge in [0.15, 0.2) is 0 Å². The van der Waals surface area contributed by atoms with Crippen molar-refractivity contribution in [3.05, 3.63) is 107 Å². The van der Waals surface area contributed by atoms with Gasteiger partial charge < -0.3 is 10.2 Å². The highest BCUT2D eigenvalue weighted by Gasteiger charge is 2.54. The summed E-state index contributed by atoms with van der Waals surface area (Å²) >= 11 is 0. The fourth-order valence-electron chi connectivity index (χ4n) is 4.27. The van der Waals surface area contributed by atoms with E-state index in [1.165, 1.54) is 0 Å². The molecule has 3 rings (SSSR count). The van der Waals surface area contributed by atoms with Gasteiger partial charge in [-0.05, 0) is 74.7 Å². The normalized spacial score (nSPS) is 19.4. The van der Waals surface area contributed by atoms with E-state index in [4.69, 9.17) is 0 Å². The lowest BCUT2D eigenvalue weighted by molar-refractivity contribution is -0.125. The van der Waals surface area contributed by atoms with Crippen molar-refractivity contribution < 1.29 is 15.0 Å². The Kier molecular flexibility index (Phi) is 5.97. The molecule has 1 heterocycles. The zero-order valence-electron chi connectivity index (χ0n) is 17.8. The summed E-state index contributed by atoms with van der Waals surface area (Å²) < 4.78 is 0. The molecule has 30 heavy (non-hydrogen) atoms. The highest BCUT2D eigenvalue weighted by Crippen LogP contribution is 2.53. The number of phenols is 2. The molecule has 1 aliphatic rings. The van der Waals surface area contributed by atoms with Gasteiger partial charge >= 0.3 is 0 Å². The Labute approximate surface area is 177 Å². The monoisotopic (exact) mass is 401 g/mol. The number of allylic oxidation sites excluding steroid dienone is 5. The predicted octanol–water partition coefficient (Wildman–Crippen LogP) is 5.56. The van der Waals surface area contributed by atoms with E-state index in [-0.39, 0.29) is 17.4 Å². The van der Waals surface area contributed by atoms with Crippen molar-refractivity contribution in [1.29, 1.82) is 0 Å². The summed E-state index contributed by atoms with van der Waals surface area (Å²) in [6.45, 7) is 7.61. The van der Waals surface area contributed by atoms with E-state index >= 15 is 0 Å². The van der Waals surface area contributed by atoms with Gasteiger partial charge in [0.2, 0.25) is 0 Å². The van der Waals surface area contributed by atoms with Crippen LogP contribution >= 0.6 is 0 Å². The average Bonchev–Trinajstić information content (AvgIpc) is 3.01. The second-order valence-corrected chi connectivity index (χ2v) is 7.06. The molecule has 0 atom stereocenters. The first-order valence-electron chi connectivity index (χ1n) is 10.0. The van der Waals surface area contributed by atoms with Crippen LogP contribution in [0.5, 0.6) is 11.5 Å². The van der Waals surface area contributed by atoms with Gasteiger partial charge in [-0.2, -0.15) is 0 Å². The zero-order chi connectivity index (χ0) is 21.9. The van der Waals surface area contributed by atoms with Gasteiger partial charge in [0.25, 0.3) is 5.91 Å². The van der Waals surface area contributed by atoms with Crippen LogP contribution in [0, 0.1) is 0 Å². The number of benzene rings is 2. The molecule has 4 nitrogen and oxygen atoms in total. The highest BCUT2D eigenvalue weighted by molar-refractivity contribution is 6.05. The molecule has 1 fully saturated rings. The van der Waals surface area contributed by atoms with Crippen LogP contribution in [0.15, 0.2) is 95.8 Å². The standard InChI is InChI=1S/C26H27NO3/c1-5-9-20(6-2)27-25(30)23(7-3)24(8-4)26(27,18-10-14-21(28)15-11-18)19-12-16-22(29)17-13-19/h5-17,28-29H,1-4H3/b9-5-,20-6+,23-7+,24-8+. The third kappa shape index (κ3) is 3.14. The molecule has 2 aromatic carbocycles. The molecule has 1 amide bonds. The van der Waals surface area contributed by atoms with E-state index in [1.54, 1.807) is 29.2 Å². The van der Waals surface area contributed by atoms with Gasteiger partial charge in [-0.25, -0.2) is 0 Å². The first kappa shape index (κ1) is 21.2. The smallest absolute Gasteiger partial charge is 0.259 e. The van der Waals surface area contributed by atoms with E-state index < -0.39 is 5.54 Å². The topological polar surface area (TPSA) is 60.8 Å². The number of aromatic hydroxyl groups is 2. The lowest BCUT2D eigenvalue weighted by Gasteiger charge is -2.41. The zero-order valence-corrected chi connectivity index (χ0v) is 17.8. The van der Waals surface area contributed by atoms with Gasteiger partial charge in [-0.1, -0.05) is 48.6 Å². The predicted molar refractivity (Wildman–Crippen MR) is 120 cm³/mol. The third-order valence-electron chi connectivity index (χ3n) is 5.49. The summed E-state index contributed by atoms with van der Waals surface area (Å²) in [5.74, 6) is 0.213. The maximum Gasteiger partial charge on any atom is 0.259 e. The van der Waals surface area contributed by atoms with Crippen molar-refractivity contribution in [1.82, 2.24) is 4.90 Å². The Balaban J connectivity index is 2.50. The number of hydrogen-bond donors (Lipinski definition) is 2. The summed E-state index contributed by atoms with van der Waals surface area (Å²) in [7, 11) is 0. The van der Waals surface area contributed by atoms with E-state index in [0.717, 1.165) is 22.4 Å². The van der Waals surface area contributed by atoms with Gasteiger partial charge in [0.1, 0.15) is 17.0 Å². The van der Waals surface area contributed by atoms with Crippen molar-refractivity contribution >= 4 is 5.91 Å². The van der Waals surface area contributed by atoms with Crippen LogP contribution in [0.1, 0.15) is 38.8 Å². The Hall–Kier alpha value is -3.53. The number of nitrogens with zero attached hydrogens (tertiary/aromatic N) is 1. The molecule has 0 radical (unpaired) electrons. The minimum atomic E-state index is -0.948. The van der Waals surface area contributed by atoms with E-state index in [9.17, 15) is 15.0 Å². The maximum absolute atomic E-state index is 13.7. The average molecular weight is 402 g/mol. The van der Waals surface area contributed by atoms with Gasteiger partial charge in [-0.3, -0.25) is 9.69 Å². The van der Waals surface area contributed by atoms with Crippen LogP contribution in [0.2, 0.25) is 0 Å². The summed E-state index contributed by atoms with van der Waals surface area (Å²) in [5.41, 5.74) is 2.98. The Morgan fingerprint density at radius 1 is 0.833 bits per heavy atom. The second-order valence-electron chi connectivity index (χ2n) is 7.06. The van der Waals surface area contributed by atoms with Gasteiger partial charge in [-0.15, -0.1) is 0 Å². The van der Waals surface area contributed by atoms with E-state index in [2.05, 4.69) is 0 Å². The Morgan fingerprint density at radius 2 is 1.33 bits per heavy atom. The van der Waals surface area contributed by atoms with E-state index in [0.29, 0.717) is 5.57 Å². The number of likely N-dealkylation sites (tertiary alicyclic amines) is 1. The minimum Gasteiger partial charge on any atom is -0.508 e. The Bertz CT molecular complexity index is 1010. The molecule has 2 N–H and O–H groups in total. The maximum atomic E-state index is 13.7. The van der Waals surface area contributed by atoms with Crippen molar-refractivity contribution in [2.24, 2.45) is 0 Å². The second kappa shape index (κ2) is 8.46. The summed E-state index contributed by atoms with van der Waals surface area (Å²) in [4.78, 5) is 15.5. The van der Waals surface area contributed by atoms with Gasteiger partial charge in [0, 0.05) is 11.3 Å². The molecule has 1 aliphatic heterocycles. The van der Waals surface area contributed by atoms with E-state index in [1.807, 2.05) is 82.3 Å². The molecule has 0 saturated carbocycles. The summed E-state index contributed by atoms with van der Waals surface area (Å²) in [5, 5.41) is 19.8. The lowest BCUT2D eigenvalue weighted by atomic mass is 9.75. The molecule has 0 spiro atoms. The molecule has 0 unspecified atom stereocenters. The third-order valence-corrected chi connectivity index (χ3v) is 5.49. The lowest BCUT2D eigenvalue weighted by Crippen LogP contribution is -2.44. The van der Waals surface area contributed by atoms with Crippen molar-refractivity contribution in [2.45, 2.75) is 33.2 Å². The molecular formula is C26H27NO3. The number of hydrogen-bond acceptors (Lipinski definition) is 3. The SMILES string of the molecule is C/C=C\C(=C/C)N1C(=O)C(=C/C)/C(=C\C)C1(c1ccc(O)cc1)c1ccc(O)cc1. The number of carbonyl (C=O) groups is 1. The fourth-order valence-corrected chi connectivity index (χ4v) is 4.27.